The predicted octanol–water partition coefficient (Wildman–Crippen LogP) is 3.57. The van der Waals surface area contributed by atoms with Crippen LogP contribution in [0.25, 0.3) is 0 Å². The molecular formula is C13H14ClF3N2O. The molecule has 0 atom stereocenters. The number of carbonyl (C=O) groups excluding carboxylic acids is 1. The molecule has 0 spiro atoms. The fourth-order valence-corrected chi connectivity index (χ4v) is 2.51. The highest BCUT2D eigenvalue weighted by atomic mass is 35.5. The molecule has 0 aliphatic heterocycles. The minimum atomic E-state index is -4.59. The SMILES string of the molecule is NC1(C(=O)Nc2ccc(Cl)cc2C(F)(F)F)CCCC1. The minimum absolute atomic E-state index is 0.0429. The number of rotatable bonds is 2. The average Bonchev–Trinajstić information content (AvgIpc) is 2.78. The van der Waals surface area contributed by atoms with Crippen molar-refractivity contribution < 1.29 is 18.0 Å². The van der Waals surface area contributed by atoms with Gasteiger partial charge in [-0.1, -0.05) is 24.4 Å². The standard InChI is InChI=1S/C13H14ClF3N2O/c14-8-3-4-10(9(7-8)13(15,16)17)19-11(20)12(18)5-1-2-6-12/h3-4,7H,1-2,5-6,18H2,(H,19,20). The molecule has 0 unspecified atom stereocenters. The molecule has 20 heavy (non-hydrogen) atoms. The Morgan fingerprint density at radius 2 is 1.90 bits per heavy atom. The molecule has 0 bridgehead atoms. The molecule has 1 amide bonds. The van der Waals surface area contributed by atoms with Crippen LogP contribution in [0.4, 0.5) is 18.9 Å². The van der Waals surface area contributed by atoms with Crippen molar-refractivity contribution in [2.24, 2.45) is 5.73 Å². The second-order valence-corrected chi connectivity index (χ2v) is 5.44. The van der Waals surface area contributed by atoms with E-state index >= 15 is 0 Å². The van der Waals surface area contributed by atoms with E-state index in [-0.39, 0.29) is 10.7 Å². The summed E-state index contributed by atoms with van der Waals surface area (Å²) in [6, 6.07) is 3.22. The average molecular weight is 307 g/mol. The van der Waals surface area contributed by atoms with Gasteiger partial charge in [-0.25, -0.2) is 0 Å². The fourth-order valence-electron chi connectivity index (χ4n) is 2.34. The minimum Gasteiger partial charge on any atom is -0.324 e. The van der Waals surface area contributed by atoms with Crippen LogP contribution in [-0.4, -0.2) is 11.4 Å². The number of hydrogen-bond donors (Lipinski definition) is 2. The topological polar surface area (TPSA) is 55.1 Å². The highest BCUT2D eigenvalue weighted by Crippen LogP contribution is 2.37. The van der Waals surface area contributed by atoms with E-state index in [2.05, 4.69) is 5.32 Å². The van der Waals surface area contributed by atoms with Crippen molar-refractivity contribution in [1.29, 1.82) is 0 Å². The van der Waals surface area contributed by atoms with Gasteiger partial charge in [0.05, 0.1) is 16.8 Å². The molecule has 0 saturated heterocycles. The first kappa shape index (κ1) is 15.1. The van der Waals surface area contributed by atoms with Crippen LogP contribution in [0.15, 0.2) is 18.2 Å². The van der Waals surface area contributed by atoms with Gasteiger partial charge in [-0.05, 0) is 31.0 Å². The first-order valence-corrected chi connectivity index (χ1v) is 6.57. The van der Waals surface area contributed by atoms with E-state index in [1.54, 1.807) is 0 Å². The lowest BCUT2D eigenvalue weighted by atomic mass is 9.97. The molecule has 0 radical (unpaired) electrons. The maximum atomic E-state index is 12.9. The van der Waals surface area contributed by atoms with Gasteiger partial charge in [0.1, 0.15) is 0 Å². The molecule has 7 heteroatoms. The molecule has 1 aromatic rings. The molecule has 1 aromatic carbocycles. The molecule has 110 valence electrons. The second-order valence-electron chi connectivity index (χ2n) is 5.01. The van der Waals surface area contributed by atoms with Gasteiger partial charge in [-0.2, -0.15) is 13.2 Å². The summed E-state index contributed by atoms with van der Waals surface area (Å²) in [4.78, 5) is 12.1. The number of amides is 1. The van der Waals surface area contributed by atoms with E-state index in [0.717, 1.165) is 25.0 Å². The maximum absolute atomic E-state index is 12.9. The normalized spacial score (nSPS) is 18.1. The molecule has 1 aliphatic rings. The van der Waals surface area contributed by atoms with Crippen LogP contribution in [0.3, 0.4) is 0 Å². The number of alkyl halides is 3. The number of benzene rings is 1. The van der Waals surface area contributed by atoms with Crippen LogP contribution < -0.4 is 11.1 Å². The molecule has 0 heterocycles. The molecule has 1 fully saturated rings. The van der Waals surface area contributed by atoms with Crippen molar-refractivity contribution >= 4 is 23.2 Å². The Hall–Kier alpha value is -1.27. The third kappa shape index (κ3) is 3.07. The number of carbonyl (C=O) groups is 1. The van der Waals surface area contributed by atoms with E-state index in [0.29, 0.717) is 12.8 Å². The van der Waals surface area contributed by atoms with Crippen LogP contribution in [-0.2, 0) is 11.0 Å². The Morgan fingerprint density at radius 3 is 2.45 bits per heavy atom. The smallest absolute Gasteiger partial charge is 0.324 e. The van der Waals surface area contributed by atoms with E-state index < -0.39 is 23.2 Å². The lowest BCUT2D eigenvalue weighted by molar-refractivity contribution is -0.137. The van der Waals surface area contributed by atoms with Gasteiger partial charge >= 0.3 is 6.18 Å². The third-order valence-corrected chi connectivity index (χ3v) is 3.72. The highest BCUT2D eigenvalue weighted by molar-refractivity contribution is 6.30. The highest BCUT2D eigenvalue weighted by Gasteiger charge is 2.39. The molecule has 3 N–H and O–H groups in total. The van der Waals surface area contributed by atoms with E-state index in [9.17, 15) is 18.0 Å². The maximum Gasteiger partial charge on any atom is 0.418 e. The Bertz CT molecular complexity index is 525. The first-order chi connectivity index (χ1) is 9.22. The molecular weight excluding hydrogens is 293 g/mol. The molecule has 0 aromatic heterocycles. The number of halogens is 4. The monoisotopic (exact) mass is 306 g/mol. The van der Waals surface area contributed by atoms with Gasteiger partial charge in [-0.15, -0.1) is 0 Å². The summed E-state index contributed by atoms with van der Waals surface area (Å²) in [7, 11) is 0. The van der Waals surface area contributed by atoms with Crippen molar-refractivity contribution in [3.63, 3.8) is 0 Å². The summed E-state index contributed by atoms with van der Waals surface area (Å²) in [6.45, 7) is 0. The lowest BCUT2D eigenvalue weighted by Gasteiger charge is -2.23. The summed E-state index contributed by atoms with van der Waals surface area (Å²) >= 11 is 5.58. The number of anilines is 1. The Morgan fingerprint density at radius 1 is 1.30 bits per heavy atom. The number of hydrogen-bond acceptors (Lipinski definition) is 2. The zero-order valence-corrected chi connectivity index (χ0v) is 11.3. The van der Waals surface area contributed by atoms with Gasteiger partial charge in [0.15, 0.2) is 0 Å². The second kappa shape index (κ2) is 5.26. The molecule has 1 saturated carbocycles. The van der Waals surface area contributed by atoms with E-state index in [1.807, 2.05) is 0 Å². The van der Waals surface area contributed by atoms with Crippen LogP contribution >= 0.6 is 11.6 Å². The fraction of sp³-hybridized carbons (Fsp3) is 0.462. The van der Waals surface area contributed by atoms with Crippen LogP contribution in [0.2, 0.25) is 5.02 Å². The van der Waals surface area contributed by atoms with Gasteiger partial charge in [0.2, 0.25) is 5.91 Å². The van der Waals surface area contributed by atoms with Crippen molar-refractivity contribution in [2.75, 3.05) is 5.32 Å². The van der Waals surface area contributed by atoms with Crippen molar-refractivity contribution in [2.45, 2.75) is 37.4 Å². The van der Waals surface area contributed by atoms with Gasteiger partial charge in [0.25, 0.3) is 0 Å². The predicted molar refractivity (Wildman–Crippen MR) is 70.5 cm³/mol. The van der Waals surface area contributed by atoms with Gasteiger partial charge in [0, 0.05) is 5.02 Å². The van der Waals surface area contributed by atoms with Gasteiger partial charge < -0.3 is 11.1 Å². The Balaban J connectivity index is 2.27. The summed E-state index contributed by atoms with van der Waals surface area (Å²) in [6.07, 6.45) is -2.03. The van der Waals surface area contributed by atoms with Crippen LogP contribution in [0.5, 0.6) is 0 Å². The van der Waals surface area contributed by atoms with Crippen molar-refractivity contribution in [3.05, 3.63) is 28.8 Å². The summed E-state index contributed by atoms with van der Waals surface area (Å²) in [5.74, 6) is -0.581. The number of nitrogens with two attached hydrogens (primary N) is 1. The Kier molecular flexibility index (Phi) is 3.97. The summed E-state index contributed by atoms with van der Waals surface area (Å²) in [5, 5.41) is 2.24. The zero-order chi connectivity index (χ0) is 15.0. The van der Waals surface area contributed by atoms with Crippen molar-refractivity contribution in [1.82, 2.24) is 0 Å². The summed E-state index contributed by atoms with van der Waals surface area (Å²) < 4.78 is 38.7. The number of nitrogens with one attached hydrogen (secondary N) is 1. The molecule has 1 aliphatic carbocycles. The van der Waals surface area contributed by atoms with E-state index in [4.69, 9.17) is 17.3 Å². The van der Waals surface area contributed by atoms with Crippen molar-refractivity contribution in [3.8, 4) is 0 Å². The first-order valence-electron chi connectivity index (χ1n) is 6.19. The largest absolute Gasteiger partial charge is 0.418 e. The molecule has 2 rings (SSSR count). The lowest BCUT2D eigenvalue weighted by Crippen LogP contribution is -2.48. The quantitative estimate of drug-likeness (QED) is 0.877. The zero-order valence-electron chi connectivity index (χ0n) is 10.6. The Labute approximate surface area is 119 Å². The molecule has 3 nitrogen and oxygen atoms in total. The van der Waals surface area contributed by atoms with Gasteiger partial charge in [-0.3, -0.25) is 4.79 Å². The van der Waals surface area contributed by atoms with Crippen LogP contribution in [0, 0.1) is 0 Å². The van der Waals surface area contributed by atoms with E-state index in [1.165, 1.54) is 6.07 Å². The van der Waals surface area contributed by atoms with Crippen LogP contribution in [0.1, 0.15) is 31.2 Å². The summed E-state index contributed by atoms with van der Waals surface area (Å²) in [5.41, 5.74) is 3.55. The third-order valence-electron chi connectivity index (χ3n) is 3.48.